The zero-order valence-electron chi connectivity index (χ0n) is 8.52. The standard InChI is InChI=1S/C12H14N2S/c13-11(15)14-7-10-6-12(10,8-14)9-4-2-1-3-5-9/h1-5,10H,6-8H2,(H2,13,15). The van der Waals surface area contributed by atoms with Crippen molar-refractivity contribution < 1.29 is 0 Å². The van der Waals surface area contributed by atoms with E-state index in [1.165, 1.54) is 12.0 Å². The molecule has 2 atom stereocenters. The number of piperidine rings is 1. The second-order valence-electron chi connectivity index (χ2n) is 4.64. The van der Waals surface area contributed by atoms with Crippen LogP contribution in [-0.4, -0.2) is 23.1 Å². The van der Waals surface area contributed by atoms with E-state index in [-0.39, 0.29) is 0 Å². The molecule has 1 aliphatic carbocycles. The average molecular weight is 218 g/mol. The smallest absolute Gasteiger partial charge is 0.166 e. The topological polar surface area (TPSA) is 29.3 Å². The third-order valence-corrected chi connectivity index (χ3v) is 4.06. The van der Waals surface area contributed by atoms with Crippen LogP contribution >= 0.6 is 12.2 Å². The molecule has 78 valence electrons. The maximum absolute atomic E-state index is 5.67. The lowest BCUT2D eigenvalue weighted by Crippen LogP contribution is -2.36. The van der Waals surface area contributed by atoms with E-state index in [1.54, 1.807) is 0 Å². The minimum atomic E-state index is 0.366. The monoisotopic (exact) mass is 218 g/mol. The Bertz CT molecular complexity index is 403. The quantitative estimate of drug-likeness (QED) is 0.724. The third kappa shape index (κ3) is 1.26. The van der Waals surface area contributed by atoms with Gasteiger partial charge >= 0.3 is 0 Å². The molecule has 3 rings (SSSR count). The van der Waals surface area contributed by atoms with Gasteiger partial charge in [0.25, 0.3) is 0 Å². The molecule has 3 heteroatoms. The Kier molecular flexibility index (Phi) is 1.80. The molecule has 2 aliphatic rings. The normalized spacial score (nSPS) is 32.5. The molecule has 1 aromatic carbocycles. The number of rotatable bonds is 1. The summed E-state index contributed by atoms with van der Waals surface area (Å²) in [6.45, 7) is 2.06. The van der Waals surface area contributed by atoms with Gasteiger partial charge in [-0.15, -0.1) is 0 Å². The van der Waals surface area contributed by atoms with Crippen LogP contribution in [0.4, 0.5) is 0 Å². The summed E-state index contributed by atoms with van der Waals surface area (Å²) in [6.07, 6.45) is 1.30. The van der Waals surface area contributed by atoms with Gasteiger partial charge in [0.05, 0.1) is 0 Å². The summed E-state index contributed by atoms with van der Waals surface area (Å²) in [5.41, 5.74) is 7.49. The maximum Gasteiger partial charge on any atom is 0.166 e. The molecule has 1 aliphatic heterocycles. The molecule has 0 bridgehead atoms. The van der Waals surface area contributed by atoms with E-state index < -0.39 is 0 Å². The van der Waals surface area contributed by atoms with Crippen molar-refractivity contribution in [1.82, 2.24) is 4.90 Å². The molecule has 2 nitrogen and oxygen atoms in total. The summed E-state index contributed by atoms with van der Waals surface area (Å²) in [4.78, 5) is 2.14. The summed E-state index contributed by atoms with van der Waals surface area (Å²) in [5, 5.41) is 0.553. The number of thiocarbonyl (C=S) groups is 1. The van der Waals surface area contributed by atoms with Crippen molar-refractivity contribution in [3.05, 3.63) is 35.9 Å². The van der Waals surface area contributed by atoms with Gasteiger partial charge in [-0.25, -0.2) is 0 Å². The summed E-state index contributed by atoms with van der Waals surface area (Å²) >= 11 is 5.03. The van der Waals surface area contributed by atoms with Crippen molar-refractivity contribution >= 4 is 17.3 Å². The van der Waals surface area contributed by atoms with Gasteiger partial charge in [0.2, 0.25) is 0 Å². The highest BCUT2D eigenvalue weighted by molar-refractivity contribution is 7.80. The SMILES string of the molecule is NC(=S)N1CC2CC2(c2ccccc2)C1. The predicted molar refractivity (Wildman–Crippen MR) is 64.6 cm³/mol. The molecule has 0 amide bonds. The van der Waals surface area contributed by atoms with E-state index in [0.717, 1.165) is 19.0 Å². The van der Waals surface area contributed by atoms with Crippen molar-refractivity contribution in [3.63, 3.8) is 0 Å². The van der Waals surface area contributed by atoms with Crippen LogP contribution in [0.25, 0.3) is 0 Å². The molecule has 2 unspecified atom stereocenters. The molecule has 0 radical (unpaired) electrons. The lowest BCUT2D eigenvalue weighted by atomic mass is 9.95. The first-order chi connectivity index (χ1) is 7.22. The number of fused-ring (bicyclic) bond motifs is 1. The van der Waals surface area contributed by atoms with Crippen LogP contribution < -0.4 is 5.73 Å². The predicted octanol–water partition coefficient (Wildman–Crippen LogP) is 1.50. The van der Waals surface area contributed by atoms with Crippen molar-refractivity contribution in [2.75, 3.05) is 13.1 Å². The van der Waals surface area contributed by atoms with Gasteiger partial charge in [-0.05, 0) is 30.1 Å². The van der Waals surface area contributed by atoms with Gasteiger partial charge in [0.15, 0.2) is 5.11 Å². The Morgan fingerprint density at radius 3 is 2.73 bits per heavy atom. The van der Waals surface area contributed by atoms with Gasteiger partial charge in [-0.2, -0.15) is 0 Å². The van der Waals surface area contributed by atoms with E-state index in [9.17, 15) is 0 Å². The fraction of sp³-hybridized carbons (Fsp3) is 0.417. The van der Waals surface area contributed by atoms with Crippen LogP contribution in [-0.2, 0) is 5.41 Å². The molecule has 2 N–H and O–H groups in total. The number of hydrogen-bond acceptors (Lipinski definition) is 1. The lowest BCUT2D eigenvalue weighted by Gasteiger charge is -2.21. The van der Waals surface area contributed by atoms with Crippen LogP contribution in [0.5, 0.6) is 0 Å². The van der Waals surface area contributed by atoms with E-state index in [1.807, 2.05) is 0 Å². The summed E-state index contributed by atoms with van der Waals surface area (Å²) in [6, 6.07) is 10.7. The minimum absolute atomic E-state index is 0.366. The van der Waals surface area contributed by atoms with Crippen molar-refractivity contribution in [3.8, 4) is 0 Å². The molecule has 0 aromatic heterocycles. The molecule has 0 spiro atoms. The molecule has 15 heavy (non-hydrogen) atoms. The Hall–Kier alpha value is -1.09. The van der Waals surface area contributed by atoms with Crippen molar-refractivity contribution in [1.29, 1.82) is 0 Å². The number of hydrogen-bond donors (Lipinski definition) is 1. The van der Waals surface area contributed by atoms with Crippen LogP contribution in [0.2, 0.25) is 0 Å². The second-order valence-corrected chi connectivity index (χ2v) is 5.06. The molecular weight excluding hydrogens is 204 g/mol. The van der Waals surface area contributed by atoms with E-state index in [4.69, 9.17) is 18.0 Å². The summed E-state index contributed by atoms with van der Waals surface area (Å²) in [5.74, 6) is 0.765. The van der Waals surface area contributed by atoms with E-state index in [2.05, 4.69) is 35.2 Å². The Morgan fingerprint density at radius 1 is 1.40 bits per heavy atom. The summed E-state index contributed by atoms with van der Waals surface area (Å²) < 4.78 is 0. The number of nitrogens with zero attached hydrogens (tertiary/aromatic N) is 1. The Morgan fingerprint density at radius 2 is 2.13 bits per heavy atom. The highest BCUT2D eigenvalue weighted by Gasteiger charge is 2.60. The minimum Gasteiger partial charge on any atom is -0.376 e. The highest BCUT2D eigenvalue weighted by atomic mass is 32.1. The number of nitrogens with two attached hydrogens (primary N) is 1. The largest absolute Gasteiger partial charge is 0.376 e. The van der Waals surface area contributed by atoms with Crippen molar-refractivity contribution in [2.45, 2.75) is 11.8 Å². The first-order valence-electron chi connectivity index (χ1n) is 5.32. The molecule has 1 heterocycles. The fourth-order valence-electron chi connectivity index (χ4n) is 2.87. The van der Waals surface area contributed by atoms with Crippen LogP contribution in [0, 0.1) is 5.92 Å². The average Bonchev–Trinajstić information content (AvgIpc) is 2.83. The molecule has 2 fully saturated rings. The zero-order chi connectivity index (χ0) is 10.5. The maximum atomic E-state index is 5.67. The first kappa shape index (κ1) is 9.16. The zero-order valence-corrected chi connectivity index (χ0v) is 9.33. The van der Waals surface area contributed by atoms with Crippen molar-refractivity contribution in [2.24, 2.45) is 11.7 Å². The Labute approximate surface area is 95.1 Å². The van der Waals surface area contributed by atoms with Gasteiger partial charge in [0.1, 0.15) is 0 Å². The van der Waals surface area contributed by atoms with E-state index >= 15 is 0 Å². The Balaban J connectivity index is 1.88. The third-order valence-electron chi connectivity index (χ3n) is 3.81. The van der Waals surface area contributed by atoms with Gasteiger partial charge in [-0.3, -0.25) is 0 Å². The first-order valence-corrected chi connectivity index (χ1v) is 5.73. The lowest BCUT2D eigenvalue weighted by molar-refractivity contribution is 0.451. The number of benzene rings is 1. The highest BCUT2D eigenvalue weighted by Crippen LogP contribution is 2.58. The fourth-order valence-corrected chi connectivity index (χ4v) is 3.01. The van der Waals surface area contributed by atoms with Gasteiger partial charge in [0, 0.05) is 18.5 Å². The molecule has 1 saturated heterocycles. The van der Waals surface area contributed by atoms with Crippen LogP contribution in [0.1, 0.15) is 12.0 Å². The molecular formula is C12H14N2S. The van der Waals surface area contributed by atoms with Gasteiger partial charge in [-0.1, -0.05) is 30.3 Å². The molecule has 1 saturated carbocycles. The van der Waals surface area contributed by atoms with Crippen LogP contribution in [0.3, 0.4) is 0 Å². The number of likely N-dealkylation sites (tertiary alicyclic amines) is 1. The van der Waals surface area contributed by atoms with Gasteiger partial charge < -0.3 is 10.6 Å². The molecule has 1 aromatic rings. The second kappa shape index (κ2) is 2.95. The van der Waals surface area contributed by atoms with Crippen LogP contribution in [0.15, 0.2) is 30.3 Å². The van der Waals surface area contributed by atoms with E-state index in [0.29, 0.717) is 10.5 Å². The summed E-state index contributed by atoms with van der Waals surface area (Å²) in [7, 11) is 0.